The van der Waals surface area contributed by atoms with E-state index in [4.69, 9.17) is 9.75 Å². The number of hydrogen-bond donors (Lipinski definition) is 0. The van der Waals surface area contributed by atoms with E-state index in [9.17, 15) is 3.02 Å². The van der Waals surface area contributed by atoms with Gasteiger partial charge in [-0.1, -0.05) is 0 Å². The number of hydrogen-bond acceptors (Lipinski definition) is 3. The van der Waals surface area contributed by atoms with Crippen molar-refractivity contribution in [2.45, 2.75) is 0 Å². The molecule has 0 fully saturated rings. The van der Waals surface area contributed by atoms with Crippen LogP contribution < -0.4 is 0 Å². The van der Waals surface area contributed by atoms with E-state index in [0.717, 1.165) is 0 Å². The van der Waals surface area contributed by atoms with Crippen LogP contribution in [0.4, 0.5) is 3.02 Å². The van der Waals surface area contributed by atoms with Crippen LogP contribution in [0.5, 0.6) is 0 Å². The van der Waals surface area contributed by atoms with Gasteiger partial charge in [-0.3, -0.25) is 0 Å². The monoisotopic (exact) mass is 288 g/mol. The quantitative estimate of drug-likeness (QED) is 0.560. The van der Waals surface area contributed by atoms with Crippen LogP contribution >= 0.6 is 0 Å². The van der Waals surface area contributed by atoms with Crippen LogP contribution in [0, 0.1) is 0 Å². The standard InChI is InChI=1S/FH.K.3O.Ta.H/h1H;;;;;;/q;;;;;+1;/p-1. The minimum atomic E-state index is -6.47. The van der Waals surface area contributed by atoms with Gasteiger partial charge in [-0.25, -0.2) is 0 Å². The first-order valence-corrected chi connectivity index (χ1v) is 5.87. The summed E-state index contributed by atoms with van der Waals surface area (Å²) in [7, 11) is 0. The molecule has 0 aliphatic heterocycles. The summed E-state index contributed by atoms with van der Waals surface area (Å²) >= 11 is -6.47. The van der Waals surface area contributed by atoms with Crippen LogP contribution in [0.15, 0.2) is 0 Å². The Bertz CT molecular complexity index is 132. The Morgan fingerprint density at radius 3 is 1.17 bits per heavy atom. The molecule has 0 saturated carbocycles. The summed E-state index contributed by atoms with van der Waals surface area (Å²) < 4.78 is 35.9. The van der Waals surface area contributed by atoms with E-state index in [1.165, 1.54) is 0 Å². The summed E-state index contributed by atoms with van der Waals surface area (Å²) in [5.41, 5.74) is 0. The van der Waals surface area contributed by atoms with E-state index in [1.807, 2.05) is 0 Å². The van der Waals surface area contributed by atoms with Gasteiger partial charge in [0.1, 0.15) is 0 Å². The van der Waals surface area contributed by atoms with E-state index in [1.54, 1.807) is 0 Å². The van der Waals surface area contributed by atoms with Crippen LogP contribution in [0.25, 0.3) is 0 Å². The molecule has 0 spiro atoms. The van der Waals surface area contributed by atoms with Crippen molar-refractivity contribution in [2.24, 2.45) is 0 Å². The molecule has 6 heteroatoms. The molecule has 0 heterocycles. The molecule has 0 aromatic rings. The van der Waals surface area contributed by atoms with Crippen LogP contribution in [0.3, 0.4) is 0 Å². The van der Waals surface area contributed by atoms with E-state index in [0.29, 0.717) is 0 Å². The molecule has 32 valence electrons. The molecule has 0 radical (unpaired) electrons. The summed E-state index contributed by atoms with van der Waals surface area (Å²) in [6.45, 7) is 0. The van der Waals surface area contributed by atoms with Gasteiger partial charge in [0.15, 0.2) is 0 Å². The Hall–Kier alpha value is 1.71. The van der Waals surface area contributed by atoms with Gasteiger partial charge in [0.25, 0.3) is 0 Å². The summed E-state index contributed by atoms with van der Waals surface area (Å²) in [4.78, 5) is 0. The third kappa shape index (κ3) is 43.4. The average molecular weight is 288 g/mol. The van der Waals surface area contributed by atoms with E-state index < -0.39 is 17.6 Å². The van der Waals surface area contributed by atoms with Gasteiger partial charge in [0.2, 0.25) is 0 Å². The minimum absolute atomic E-state index is 0. The first-order chi connectivity index (χ1) is 2.00. The van der Waals surface area contributed by atoms with Crippen LogP contribution in [-0.4, -0.2) is 51.4 Å². The number of rotatable bonds is 0. The molecule has 0 aliphatic carbocycles. The second kappa shape index (κ2) is 3.68. The average Bonchev–Trinajstić information content (AvgIpc) is 0.722. The molecule has 3 nitrogen and oxygen atoms in total. The van der Waals surface area contributed by atoms with Crippen molar-refractivity contribution >= 4 is 51.4 Å². The summed E-state index contributed by atoms with van der Waals surface area (Å²) in [6.07, 6.45) is 0. The topological polar surface area (TPSA) is 51.2 Å². The van der Waals surface area contributed by atoms with Gasteiger partial charge in [-0.15, -0.1) is 0 Å². The van der Waals surface area contributed by atoms with E-state index >= 15 is 0 Å². The zero-order valence-electron chi connectivity index (χ0n) is 2.05. The second-order valence-corrected chi connectivity index (χ2v) is 3.52. The van der Waals surface area contributed by atoms with Crippen molar-refractivity contribution in [3.05, 3.63) is 0 Å². The van der Waals surface area contributed by atoms with Crippen LogP contribution in [-0.2, 0) is 27.3 Å². The molecular formula is HFKO3Ta. The van der Waals surface area contributed by atoms with Gasteiger partial charge >= 0.3 is 81.8 Å². The molecule has 0 unspecified atom stereocenters. The predicted molar refractivity (Wildman–Crippen MR) is 10.3 cm³/mol. The molecule has 0 aromatic heterocycles. The third-order valence-corrected chi connectivity index (χ3v) is 0. The number of halogens is 1. The molecule has 0 atom stereocenters. The maximum absolute atomic E-state index is 10.2. The maximum atomic E-state index is 10.2. The third-order valence-electron chi connectivity index (χ3n) is 0. The fraction of sp³-hybridized carbons (Fsp3) is 0. The Kier molecular flexibility index (Phi) is 6.52. The normalized spacial score (nSPS) is 6.83. The first-order valence-electron chi connectivity index (χ1n) is 0.717. The molecule has 0 saturated heterocycles. The Morgan fingerprint density at radius 2 is 1.17 bits per heavy atom. The molecule has 0 bridgehead atoms. The summed E-state index contributed by atoms with van der Waals surface area (Å²) in [5.74, 6) is 0. The predicted octanol–water partition coefficient (Wildman–Crippen LogP) is -0.587. The van der Waals surface area contributed by atoms with Gasteiger partial charge in [0.05, 0.1) is 0 Å². The van der Waals surface area contributed by atoms with Crippen molar-refractivity contribution in [1.82, 2.24) is 0 Å². The van der Waals surface area contributed by atoms with Crippen LogP contribution in [0.1, 0.15) is 0 Å². The van der Waals surface area contributed by atoms with Crippen LogP contribution in [0.2, 0.25) is 0 Å². The summed E-state index contributed by atoms with van der Waals surface area (Å²) in [6, 6.07) is 0. The van der Waals surface area contributed by atoms with Gasteiger partial charge in [-0.05, 0) is 0 Å². The molecule has 0 rings (SSSR count). The Morgan fingerprint density at radius 1 is 1.17 bits per heavy atom. The van der Waals surface area contributed by atoms with Gasteiger partial charge in [0, 0.05) is 0 Å². The fourth-order valence-electron chi connectivity index (χ4n) is 0. The zero-order valence-corrected chi connectivity index (χ0v) is 5.26. The summed E-state index contributed by atoms with van der Waals surface area (Å²) in [5, 5.41) is 0. The molecule has 6 heavy (non-hydrogen) atoms. The molecule has 0 aliphatic rings. The Balaban J connectivity index is 0. The van der Waals surface area contributed by atoms with Crippen molar-refractivity contribution in [3.63, 3.8) is 0 Å². The molecule has 0 N–H and O–H groups in total. The van der Waals surface area contributed by atoms with Crippen molar-refractivity contribution < 1.29 is 30.4 Å². The van der Waals surface area contributed by atoms with Gasteiger partial charge < -0.3 is 0 Å². The first kappa shape index (κ1) is 10.6. The SMILES string of the molecule is [KH].[O]=[Ta](=[O])(=[O])[F]. The Labute approximate surface area is 80.0 Å². The van der Waals surface area contributed by atoms with Crippen molar-refractivity contribution in [1.29, 1.82) is 0 Å². The molecule has 0 aromatic carbocycles. The van der Waals surface area contributed by atoms with Gasteiger partial charge in [-0.2, -0.15) is 0 Å². The molecular weight excluding hydrogens is 287 g/mol. The van der Waals surface area contributed by atoms with E-state index in [2.05, 4.69) is 0 Å². The molecule has 0 amide bonds. The fourth-order valence-corrected chi connectivity index (χ4v) is 0. The second-order valence-electron chi connectivity index (χ2n) is 0.431. The zero-order chi connectivity index (χ0) is 4.50. The van der Waals surface area contributed by atoms with Crippen molar-refractivity contribution in [2.75, 3.05) is 0 Å². The van der Waals surface area contributed by atoms with E-state index in [-0.39, 0.29) is 51.4 Å². The van der Waals surface area contributed by atoms with Crippen molar-refractivity contribution in [3.8, 4) is 0 Å².